The Morgan fingerprint density at radius 2 is 1.68 bits per heavy atom. The van der Waals surface area contributed by atoms with Crippen molar-refractivity contribution < 1.29 is 17.2 Å². The van der Waals surface area contributed by atoms with E-state index in [9.17, 15) is 17.2 Å². The van der Waals surface area contributed by atoms with Gasteiger partial charge in [0, 0.05) is 20.2 Å². The number of anilines is 3. The van der Waals surface area contributed by atoms with Crippen LogP contribution in [0.5, 0.6) is 0 Å². The summed E-state index contributed by atoms with van der Waals surface area (Å²) in [5.41, 5.74) is 0.0253. The summed E-state index contributed by atoms with van der Waals surface area (Å²) in [5, 5.41) is 9.99. The molecule has 0 fully saturated rings. The van der Waals surface area contributed by atoms with Gasteiger partial charge in [-0.05, 0) is 24.3 Å². The van der Waals surface area contributed by atoms with Crippen molar-refractivity contribution in [3.05, 3.63) is 42.0 Å². The van der Waals surface area contributed by atoms with E-state index in [0.717, 1.165) is 16.4 Å². The van der Waals surface area contributed by atoms with Gasteiger partial charge in [-0.3, -0.25) is 4.72 Å². The van der Waals surface area contributed by atoms with Gasteiger partial charge in [0.05, 0.1) is 5.69 Å². The van der Waals surface area contributed by atoms with Crippen LogP contribution >= 0.6 is 0 Å². The maximum absolute atomic E-state index is 13.5. The fourth-order valence-corrected chi connectivity index (χ4v) is 1.96. The van der Waals surface area contributed by atoms with Gasteiger partial charge < -0.3 is 5.32 Å². The zero-order valence-corrected chi connectivity index (χ0v) is 12.5. The maximum Gasteiger partial charge on any atom is 0.302 e. The molecule has 22 heavy (non-hydrogen) atoms. The first-order chi connectivity index (χ1) is 10.3. The lowest BCUT2D eigenvalue weighted by molar-refractivity contribution is 0.526. The molecular weight excluding hydrogens is 316 g/mol. The van der Waals surface area contributed by atoms with Gasteiger partial charge in [0.15, 0.2) is 11.6 Å². The molecule has 0 spiro atoms. The molecule has 118 valence electrons. The molecule has 0 saturated heterocycles. The predicted octanol–water partition coefficient (Wildman–Crippen LogP) is 1.72. The second-order valence-corrected chi connectivity index (χ2v) is 6.33. The summed E-state index contributed by atoms with van der Waals surface area (Å²) in [4.78, 5) is 0. The van der Waals surface area contributed by atoms with Crippen molar-refractivity contribution >= 4 is 27.5 Å². The molecule has 2 N–H and O–H groups in total. The lowest BCUT2D eigenvalue weighted by Gasteiger charge is -2.12. The molecule has 0 radical (unpaired) electrons. The van der Waals surface area contributed by atoms with Gasteiger partial charge >= 0.3 is 10.2 Å². The van der Waals surface area contributed by atoms with Crippen LogP contribution in [0.4, 0.5) is 26.1 Å². The van der Waals surface area contributed by atoms with E-state index in [1.807, 2.05) is 0 Å². The summed E-state index contributed by atoms with van der Waals surface area (Å²) in [7, 11) is -0.948. The first-order valence-electron chi connectivity index (χ1n) is 6.04. The highest BCUT2D eigenvalue weighted by Crippen LogP contribution is 2.19. The van der Waals surface area contributed by atoms with Crippen LogP contribution in [0.15, 0.2) is 30.3 Å². The van der Waals surface area contributed by atoms with Crippen LogP contribution < -0.4 is 10.0 Å². The van der Waals surface area contributed by atoms with Gasteiger partial charge in [-0.1, -0.05) is 0 Å². The van der Waals surface area contributed by atoms with Crippen molar-refractivity contribution in [2.75, 3.05) is 24.1 Å². The SMILES string of the molecule is CN(C)S(=O)(=O)Nc1ccc(Nc2ccc(F)cc2F)nn1. The van der Waals surface area contributed by atoms with Gasteiger partial charge in [0.2, 0.25) is 0 Å². The monoisotopic (exact) mass is 329 g/mol. The van der Waals surface area contributed by atoms with Crippen molar-refractivity contribution in [3.63, 3.8) is 0 Å². The van der Waals surface area contributed by atoms with Gasteiger partial charge in [-0.15, -0.1) is 10.2 Å². The van der Waals surface area contributed by atoms with E-state index in [1.54, 1.807) is 0 Å². The molecule has 0 aliphatic heterocycles. The fraction of sp³-hybridized carbons (Fsp3) is 0.167. The lowest BCUT2D eigenvalue weighted by atomic mass is 10.3. The van der Waals surface area contributed by atoms with Crippen molar-refractivity contribution in [2.24, 2.45) is 0 Å². The third-order valence-corrected chi connectivity index (χ3v) is 4.00. The molecule has 1 aromatic carbocycles. The minimum absolute atomic E-state index is 0.0128. The van der Waals surface area contributed by atoms with Crippen LogP contribution in [0.25, 0.3) is 0 Å². The Bertz CT molecular complexity index is 766. The Labute approximate surface area is 126 Å². The van der Waals surface area contributed by atoms with E-state index >= 15 is 0 Å². The van der Waals surface area contributed by atoms with Crippen molar-refractivity contribution in [3.8, 4) is 0 Å². The van der Waals surface area contributed by atoms with Crippen molar-refractivity contribution in [1.29, 1.82) is 0 Å². The highest BCUT2D eigenvalue weighted by atomic mass is 32.2. The molecule has 10 heteroatoms. The molecule has 0 atom stereocenters. The molecule has 0 saturated carbocycles. The van der Waals surface area contributed by atoms with E-state index in [4.69, 9.17) is 0 Å². The lowest BCUT2D eigenvalue weighted by Crippen LogP contribution is -2.29. The van der Waals surface area contributed by atoms with Crippen LogP contribution in [-0.4, -0.2) is 37.0 Å². The van der Waals surface area contributed by atoms with E-state index in [0.29, 0.717) is 0 Å². The Morgan fingerprint density at radius 1 is 1.05 bits per heavy atom. The van der Waals surface area contributed by atoms with Crippen LogP contribution in [-0.2, 0) is 10.2 Å². The highest BCUT2D eigenvalue weighted by molar-refractivity contribution is 7.90. The molecule has 0 amide bonds. The van der Waals surface area contributed by atoms with Crippen LogP contribution in [0.1, 0.15) is 0 Å². The van der Waals surface area contributed by atoms with E-state index in [1.165, 1.54) is 32.3 Å². The number of aromatic nitrogens is 2. The van der Waals surface area contributed by atoms with E-state index in [-0.39, 0.29) is 17.3 Å². The first kappa shape index (κ1) is 16.0. The summed E-state index contributed by atoms with van der Waals surface area (Å²) in [5.74, 6) is -1.28. The summed E-state index contributed by atoms with van der Waals surface area (Å²) in [6, 6.07) is 5.81. The molecule has 0 aliphatic rings. The summed E-state index contributed by atoms with van der Waals surface area (Å²) in [6.45, 7) is 0. The second kappa shape index (κ2) is 6.20. The van der Waals surface area contributed by atoms with Crippen LogP contribution in [0, 0.1) is 11.6 Å². The number of hydrogen-bond donors (Lipinski definition) is 2. The largest absolute Gasteiger partial charge is 0.336 e. The van der Waals surface area contributed by atoms with Crippen LogP contribution in [0.2, 0.25) is 0 Å². The molecule has 1 aromatic heterocycles. The number of nitrogens with zero attached hydrogens (tertiary/aromatic N) is 3. The standard InChI is InChI=1S/C12H13F2N5O2S/c1-19(2)22(20,21)18-12-6-5-11(16-17-12)15-10-4-3-8(13)7-9(10)14/h3-7H,1-2H3,(H,15,16)(H,17,18). The average Bonchev–Trinajstić information content (AvgIpc) is 2.43. The third kappa shape index (κ3) is 3.86. The van der Waals surface area contributed by atoms with Crippen molar-refractivity contribution in [1.82, 2.24) is 14.5 Å². The topological polar surface area (TPSA) is 87.2 Å². The quantitative estimate of drug-likeness (QED) is 0.872. The Hall–Kier alpha value is -2.33. The Kier molecular flexibility index (Phi) is 4.52. The maximum atomic E-state index is 13.5. The summed E-state index contributed by atoms with van der Waals surface area (Å²) in [6.07, 6.45) is 0. The van der Waals surface area contributed by atoms with E-state index in [2.05, 4.69) is 20.2 Å². The number of nitrogens with one attached hydrogen (secondary N) is 2. The van der Waals surface area contributed by atoms with Gasteiger partial charge in [0.1, 0.15) is 11.6 Å². The molecule has 2 aromatic rings. The molecular formula is C12H13F2N5O2S. The van der Waals surface area contributed by atoms with Gasteiger partial charge in [0.25, 0.3) is 0 Å². The Balaban J connectivity index is 2.12. The van der Waals surface area contributed by atoms with Crippen LogP contribution in [0.3, 0.4) is 0 Å². The normalized spacial score (nSPS) is 11.5. The minimum Gasteiger partial charge on any atom is -0.336 e. The van der Waals surface area contributed by atoms with Gasteiger partial charge in [-0.25, -0.2) is 8.78 Å². The van der Waals surface area contributed by atoms with Gasteiger partial charge in [-0.2, -0.15) is 12.7 Å². The highest BCUT2D eigenvalue weighted by Gasteiger charge is 2.14. The average molecular weight is 329 g/mol. The predicted molar refractivity (Wildman–Crippen MR) is 77.9 cm³/mol. The zero-order chi connectivity index (χ0) is 16.3. The smallest absolute Gasteiger partial charge is 0.302 e. The van der Waals surface area contributed by atoms with E-state index < -0.39 is 21.8 Å². The Morgan fingerprint density at radius 3 is 2.23 bits per heavy atom. The molecule has 0 aliphatic carbocycles. The van der Waals surface area contributed by atoms with Crippen molar-refractivity contribution in [2.45, 2.75) is 0 Å². The summed E-state index contributed by atoms with van der Waals surface area (Å²) < 4.78 is 52.7. The molecule has 0 unspecified atom stereocenters. The first-order valence-corrected chi connectivity index (χ1v) is 7.48. The second-order valence-electron chi connectivity index (χ2n) is 4.44. The molecule has 7 nitrogen and oxygen atoms in total. The number of halogens is 2. The molecule has 0 bridgehead atoms. The minimum atomic E-state index is -3.68. The number of rotatable bonds is 5. The molecule has 1 heterocycles. The third-order valence-electron chi connectivity index (χ3n) is 2.57. The fourth-order valence-electron chi connectivity index (χ4n) is 1.41. The summed E-state index contributed by atoms with van der Waals surface area (Å²) >= 11 is 0. The number of benzene rings is 1. The zero-order valence-electron chi connectivity index (χ0n) is 11.7. The molecule has 2 rings (SSSR count). The number of hydrogen-bond acceptors (Lipinski definition) is 5.